The molecule has 0 amide bonds. The maximum absolute atomic E-state index is 11.9. The van der Waals surface area contributed by atoms with Crippen LogP contribution in [0.4, 0.5) is 0 Å². The second-order valence-electron chi connectivity index (χ2n) is 3.51. The Kier molecular flexibility index (Phi) is 3.75. The van der Waals surface area contributed by atoms with Gasteiger partial charge in [0.1, 0.15) is 5.75 Å². The van der Waals surface area contributed by atoms with Crippen LogP contribution in [0, 0.1) is 11.3 Å². The lowest BCUT2D eigenvalue weighted by molar-refractivity contribution is 0.0734. The first-order chi connectivity index (χ1) is 8.70. The molecule has 4 heteroatoms. The van der Waals surface area contributed by atoms with E-state index in [2.05, 4.69) is 15.9 Å². The van der Waals surface area contributed by atoms with Crippen LogP contribution in [0.15, 0.2) is 53.0 Å². The molecule has 0 bridgehead atoms. The van der Waals surface area contributed by atoms with E-state index in [-0.39, 0.29) is 0 Å². The Hall–Kier alpha value is -2.12. The van der Waals surface area contributed by atoms with Crippen molar-refractivity contribution in [1.82, 2.24) is 0 Å². The highest BCUT2D eigenvalue weighted by Gasteiger charge is 2.11. The number of rotatable bonds is 2. The molecule has 3 nitrogen and oxygen atoms in total. The third-order valence-corrected chi connectivity index (χ3v) is 2.98. The van der Waals surface area contributed by atoms with Crippen LogP contribution < -0.4 is 4.74 Å². The number of benzene rings is 2. The molecule has 0 heterocycles. The molecule has 0 N–H and O–H groups in total. The lowest BCUT2D eigenvalue weighted by atomic mass is 10.2. The number of esters is 1. The third-order valence-electron chi connectivity index (χ3n) is 2.29. The Bertz CT molecular complexity index is 614. The molecule has 0 aliphatic rings. The van der Waals surface area contributed by atoms with Crippen molar-refractivity contribution in [1.29, 1.82) is 5.26 Å². The summed E-state index contributed by atoms with van der Waals surface area (Å²) in [6.45, 7) is 0. The van der Waals surface area contributed by atoms with Crippen LogP contribution in [0.2, 0.25) is 0 Å². The number of nitriles is 1. The maximum Gasteiger partial charge on any atom is 0.344 e. The zero-order chi connectivity index (χ0) is 13.0. The SMILES string of the molecule is N#Cc1ccc(OC(=O)c2ccccc2Br)cc1. The zero-order valence-corrected chi connectivity index (χ0v) is 10.8. The smallest absolute Gasteiger partial charge is 0.344 e. The van der Waals surface area contributed by atoms with E-state index in [4.69, 9.17) is 10.00 Å². The van der Waals surface area contributed by atoms with Crippen LogP contribution in [0.3, 0.4) is 0 Å². The molecule has 18 heavy (non-hydrogen) atoms. The summed E-state index contributed by atoms with van der Waals surface area (Å²) in [6, 6.07) is 15.4. The van der Waals surface area contributed by atoms with Crippen molar-refractivity contribution in [2.75, 3.05) is 0 Å². The number of nitrogens with zero attached hydrogens (tertiary/aromatic N) is 1. The summed E-state index contributed by atoms with van der Waals surface area (Å²) in [5.74, 6) is -0.0260. The van der Waals surface area contributed by atoms with Gasteiger partial charge in [-0.2, -0.15) is 5.26 Å². The third kappa shape index (κ3) is 2.76. The van der Waals surface area contributed by atoms with Crippen molar-refractivity contribution in [3.05, 3.63) is 64.1 Å². The number of carbonyl (C=O) groups excluding carboxylic acids is 1. The lowest BCUT2D eigenvalue weighted by Gasteiger charge is -2.05. The number of ether oxygens (including phenoxy) is 1. The van der Waals surface area contributed by atoms with Crippen LogP contribution in [0.25, 0.3) is 0 Å². The Morgan fingerprint density at radius 1 is 1.11 bits per heavy atom. The van der Waals surface area contributed by atoms with Crippen molar-refractivity contribution in [2.24, 2.45) is 0 Å². The summed E-state index contributed by atoms with van der Waals surface area (Å²) in [5, 5.41) is 8.66. The molecule has 2 aromatic rings. The molecular weight excluding hydrogens is 294 g/mol. The van der Waals surface area contributed by atoms with Crippen LogP contribution in [-0.4, -0.2) is 5.97 Å². The Morgan fingerprint density at radius 2 is 1.78 bits per heavy atom. The van der Waals surface area contributed by atoms with Gasteiger partial charge in [-0.3, -0.25) is 0 Å². The average molecular weight is 302 g/mol. The van der Waals surface area contributed by atoms with E-state index in [0.29, 0.717) is 21.3 Å². The second-order valence-corrected chi connectivity index (χ2v) is 4.36. The Balaban J connectivity index is 2.17. The summed E-state index contributed by atoms with van der Waals surface area (Å²) in [5.41, 5.74) is 0.984. The average Bonchev–Trinajstić information content (AvgIpc) is 2.40. The maximum atomic E-state index is 11.9. The van der Waals surface area contributed by atoms with Crippen LogP contribution in [0.1, 0.15) is 15.9 Å². The van der Waals surface area contributed by atoms with E-state index >= 15 is 0 Å². The highest BCUT2D eigenvalue weighted by atomic mass is 79.9. The molecule has 0 aliphatic carbocycles. The number of carbonyl (C=O) groups is 1. The lowest BCUT2D eigenvalue weighted by Crippen LogP contribution is -2.09. The Morgan fingerprint density at radius 3 is 2.39 bits per heavy atom. The summed E-state index contributed by atoms with van der Waals surface area (Å²) in [4.78, 5) is 11.9. The van der Waals surface area contributed by atoms with E-state index in [1.54, 1.807) is 42.5 Å². The molecule has 0 fully saturated rings. The van der Waals surface area contributed by atoms with Crippen molar-refractivity contribution < 1.29 is 9.53 Å². The largest absolute Gasteiger partial charge is 0.423 e. The van der Waals surface area contributed by atoms with Gasteiger partial charge in [-0.15, -0.1) is 0 Å². The first-order valence-corrected chi connectivity index (χ1v) is 5.97. The van der Waals surface area contributed by atoms with Crippen molar-refractivity contribution in [2.45, 2.75) is 0 Å². The fourth-order valence-corrected chi connectivity index (χ4v) is 1.83. The number of halogens is 1. The summed E-state index contributed by atoms with van der Waals surface area (Å²) in [7, 11) is 0. The highest BCUT2D eigenvalue weighted by Crippen LogP contribution is 2.19. The van der Waals surface area contributed by atoms with Gasteiger partial charge in [-0.1, -0.05) is 12.1 Å². The van der Waals surface area contributed by atoms with Crippen LogP contribution in [0.5, 0.6) is 5.75 Å². The van der Waals surface area contributed by atoms with E-state index < -0.39 is 5.97 Å². The van der Waals surface area contributed by atoms with Crippen molar-refractivity contribution in [3.8, 4) is 11.8 Å². The first kappa shape index (κ1) is 12.3. The number of hydrogen-bond donors (Lipinski definition) is 0. The van der Waals surface area contributed by atoms with Gasteiger partial charge in [0, 0.05) is 4.47 Å². The minimum Gasteiger partial charge on any atom is -0.423 e. The summed E-state index contributed by atoms with van der Waals surface area (Å²) < 4.78 is 5.89. The van der Waals surface area contributed by atoms with E-state index in [9.17, 15) is 4.79 Å². The predicted molar refractivity (Wildman–Crippen MR) is 70.3 cm³/mol. The van der Waals surface area contributed by atoms with Gasteiger partial charge >= 0.3 is 5.97 Å². The summed E-state index contributed by atoms with van der Waals surface area (Å²) in [6.07, 6.45) is 0. The first-order valence-electron chi connectivity index (χ1n) is 5.17. The van der Waals surface area contributed by atoms with Gasteiger partial charge in [-0.25, -0.2) is 4.79 Å². The molecule has 0 saturated carbocycles. The van der Waals surface area contributed by atoms with Crippen molar-refractivity contribution in [3.63, 3.8) is 0 Å². The predicted octanol–water partition coefficient (Wildman–Crippen LogP) is 3.54. The molecule has 2 aromatic carbocycles. The van der Waals surface area contributed by atoms with Gasteiger partial charge < -0.3 is 4.74 Å². The van der Waals surface area contributed by atoms with Gasteiger partial charge in [0.2, 0.25) is 0 Å². The fraction of sp³-hybridized carbons (Fsp3) is 0. The zero-order valence-electron chi connectivity index (χ0n) is 9.26. The molecular formula is C14H8BrNO2. The standard InChI is InChI=1S/C14H8BrNO2/c15-13-4-2-1-3-12(13)14(17)18-11-7-5-10(9-16)6-8-11/h1-8H. The molecule has 88 valence electrons. The number of hydrogen-bond acceptors (Lipinski definition) is 3. The van der Waals surface area contributed by atoms with Gasteiger partial charge in [0.15, 0.2) is 0 Å². The minimum atomic E-state index is -0.438. The van der Waals surface area contributed by atoms with Crippen LogP contribution >= 0.6 is 15.9 Å². The highest BCUT2D eigenvalue weighted by molar-refractivity contribution is 9.10. The molecule has 0 aliphatic heterocycles. The monoisotopic (exact) mass is 301 g/mol. The van der Waals surface area contributed by atoms with E-state index in [1.165, 1.54) is 0 Å². The molecule has 0 spiro atoms. The fourth-order valence-electron chi connectivity index (χ4n) is 1.39. The quantitative estimate of drug-likeness (QED) is 0.630. The Labute approximate surface area is 113 Å². The van der Waals surface area contributed by atoms with Crippen molar-refractivity contribution >= 4 is 21.9 Å². The normalized spacial score (nSPS) is 9.56. The van der Waals surface area contributed by atoms with Gasteiger partial charge in [-0.05, 0) is 52.3 Å². The molecule has 0 saturated heterocycles. The molecule has 0 unspecified atom stereocenters. The molecule has 0 atom stereocenters. The minimum absolute atomic E-state index is 0.412. The van der Waals surface area contributed by atoms with E-state index in [0.717, 1.165) is 0 Å². The summed E-state index contributed by atoms with van der Waals surface area (Å²) >= 11 is 3.29. The van der Waals surface area contributed by atoms with Gasteiger partial charge in [0.25, 0.3) is 0 Å². The molecule has 0 aromatic heterocycles. The topological polar surface area (TPSA) is 50.1 Å². The van der Waals surface area contributed by atoms with Gasteiger partial charge in [0.05, 0.1) is 17.2 Å². The second kappa shape index (κ2) is 5.48. The molecule has 0 radical (unpaired) electrons. The molecule has 2 rings (SSSR count). The van der Waals surface area contributed by atoms with E-state index in [1.807, 2.05) is 12.1 Å². The van der Waals surface area contributed by atoms with Crippen LogP contribution in [-0.2, 0) is 0 Å².